The van der Waals surface area contributed by atoms with Crippen LogP contribution in [0.25, 0.3) is 0 Å². The first kappa shape index (κ1) is 20.4. The van der Waals surface area contributed by atoms with E-state index in [1.807, 2.05) is 51.9 Å². The Morgan fingerprint density at radius 1 is 0.826 bits per heavy atom. The molecule has 3 nitrogen and oxygen atoms in total. The topological polar surface area (TPSA) is 46.5 Å². The third-order valence-corrected chi connectivity index (χ3v) is 4.15. The van der Waals surface area contributed by atoms with Crippen LogP contribution in [0.1, 0.15) is 5.56 Å². The first-order valence-electron chi connectivity index (χ1n) is 6.83. The van der Waals surface area contributed by atoms with Crippen LogP contribution in [0.15, 0.2) is 33.6 Å². The molecule has 0 unspecified atom stereocenters. The molecule has 0 bridgehead atoms. The van der Waals surface area contributed by atoms with Crippen molar-refractivity contribution in [2.24, 2.45) is 4.40 Å². The molecule has 0 spiro atoms. The van der Waals surface area contributed by atoms with E-state index in [2.05, 4.69) is 4.40 Å². The molecular weight excluding hydrogens is 350 g/mol. The molecule has 0 amide bonds. The molecule has 10 radical (unpaired) electrons. The van der Waals surface area contributed by atoms with Crippen molar-refractivity contribution in [1.29, 1.82) is 0 Å². The predicted octanol–water partition coefficient (Wildman–Crippen LogP) is 3.18. The maximum Gasteiger partial charge on any atom is 0.281 e. The molecule has 1 aromatic carbocycles. The maximum absolute atomic E-state index is 11.8. The van der Waals surface area contributed by atoms with Gasteiger partial charge in [0, 0.05) is 29.2 Å². The normalized spacial score (nSPS) is 18.5. The third kappa shape index (κ3) is 7.19. The van der Waals surface area contributed by atoms with Crippen molar-refractivity contribution in [3.63, 3.8) is 0 Å². The molecule has 2 aliphatic rings. The molecule has 120 valence electrons. The van der Waals surface area contributed by atoms with E-state index in [0.717, 1.165) is 11.5 Å². The fourth-order valence-corrected chi connectivity index (χ4v) is 2.56. The summed E-state index contributed by atoms with van der Waals surface area (Å²) in [5.74, 6) is 0.778. The molecular formula is C18H17FeNO2S. The van der Waals surface area contributed by atoms with Crippen molar-refractivity contribution in [3.05, 3.63) is 93.5 Å². The van der Waals surface area contributed by atoms with Gasteiger partial charge in [0.25, 0.3) is 10.0 Å². The summed E-state index contributed by atoms with van der Waals surface area (Å²) >= 11 is 0. The molecule has 2 aliphatic carbocycles. The van der Waals surface area contributed by atoms with Crippen molar-refractivity contribution in [1.82, 2.24) is 0 Å². The number of sulfonamides is 1. The van der Waals surface area contributed by atoms with Gasteiger partial charge in [-0.2, -0.15) is 12.8 Å². The van der Waals surface area contributed by atoms with Gasteiger partial charge in [-0.3, -0.25) is 0 Å². The van der Waals surface area contributed by atoms with Crippen LogP contribution in [0.3, 0.4) is 0 Å². The maximum atomic E-state index is 11.8. The summed E-state index contributed by atoms with van der Waals surface area (Å²) in [6, 6.07) is 6.63. The van der Waals surface area contributed by atoms with Crippen molar-refractivity contribution >= 4 is 16.2 Å². The van der Waals surface area contributed by atoms with Crippen molar-refractivity contribution < 1.29 is 25.5 Å². The Balaban J connectivity index is 0.000000377. The summed E-state index contributed by atoms with van der Waals surface area (Å²) in [5.41, 5.74) is 1.02. The zero-order chi connectivity index (χ0) is 15.8. The molecule has 2 saturated carbocycles. The van der Waals surface area contributed by atoms with Gasteiger partial charge in [0.2, 0.25) is 0 Å². The molecule has 0 heterocycles. The van der Waals surface area contributed by atoms with Crippen LogP contribution in [0.5, 0.6) is 0 Å². The predicted molar refractivity (Wildman–Crippen MR) is 88.8 cm³/mol. The molecule has 3 rings (SSSR count). The minimum absolute atomic E-state index is 0. The van der Waals surface area contributed by atoms with Crippen molar-refractivity contribution in [2.75, 3.05) is 0 Å². The molecule has 2 fully saturated rings. The third-order valence-electron chi connectivity index (χ3n) is 2.90. The van der Waals surface area contributed by atoms with Crippen LogP contribution in [-0.2, 0) is 27.1 Å². The van der Waals surface area contributed by atoms with Gasteiger partial charge in [0.05, 0.1) is 4.90 Å². The van der Waals surface area contributed by atoms with Gasteiger partial charge in [0.15, 0.2) is 0 Å². The fraction of sp³-hybridized carbons (Fsp3) is 0.0556. The molecule has 5 heteroatoms. The van der Waals surface area contributed by atoms with Crippen LogP contribution in [0.4, 0.5) is 0 Å². The molecule has 0 aliphatic heterocycles. The Hall–Kier alpha value is -0.641. The van der Waals surface area contributed by atoms with E-state index in [1.165, 1.54) is 6.21 Å². The average molecular weight is 367 g/mol. The van der Waals surface area contributed by atoms with E-state index in [0.29, 0.717) is 0 Å². The summed E-state index contributed by atoms with van der Waals surface area (Å²) in [7, 11) is -3.58. The number of hydrogen-bond acceptors (Lipinski definition) is 2. The second kappa shape index (κ2) is 10.3. The Labute approximate surface area is 151 Å². The van der Waals surface area contributed by atoms with E-state index in [9.17, 15) is 8.42 Å². The molecule has 1 aromatic rings. The number of benzene rings is 1. The standard InChI is InChI=1S/C13H12NO2S.C5H5.Fe/c1-11-6-8-13(9-7-11)17(15,16)14-10-12-4-2-3-5-12;1-2-4-5-3-1;/h2-10H,1H3;1-5H;/b14-10+;;. The first-order valence-corrected chi connectivity index (χ1v) is 8.27. The molecule has 0 N–H and O–H groups in total. The molecule has 0 saturated heterocycles. The summed E-state index contributed by atoms with van der Waals surface area (Å²) in [6.07, 6.45) is 18.6. The first-order chi connectivity index (χ1) is 10.6. The van der Waals surface area contributed by atoms with Gasteiger partial charge in [-0.25, -0.2) is 0 Å². The van der Waals surface area contributed by atoms with Crippen LogP contribution in [-0.4, -0.2) is 14.6 Å². The minimum atomic E-state index is -3.58. The monoisotopic (exact) mass is 367 g/mol. The van der Waals surface area contributed by atoms with E-state index < -0.39 is 10.0 Å². The minimum Gasteiger partial charge on any atom is -0.199 e. The fourth-order valence-electron chi connectivity index (χ4n) is 1.70. The Morgan fingerprint density at radius 3 is 1.78 bits per heavy atom. The van der Waals surface area contributed by atoms with Gasteiger partial charge in [-0.15, -0.1) is 0 Å². The Morgan fingerprint density at radius 2 is 1.30 bits per heavy atom. The van der Waals surface area contributed by atoms with Gasteiger partial charge in [-0.1, -0.05) is 17.7 Å². The smallest absolute Gasteiger partial charge is 0.199 e. The average Bonchev–Trinajstić information content (AvgIpc) is 3.22. The van der Waals surface area contributed by atoms with Crippen LogP contribution >= 0.6 is 0 Å². The van der Waals surface area contributed by atoms with E-state index >= 15 is 0 Å². The van der Waals surface area contributed by atoms with Crippen LogP contribution < -0.4 is 0 Å². The quantitative estimate of drug-likeness (QED) is 0.609. The van der Waals surface area contributed by atoms with E-state index in [4.69, 9.17) is 0 Å². The van der Waals surface area contributed by atoms with Crippen molar-refractivity contribution in [3.8, 4) is 0 Å². The van der Waals surface area contributed by atoms with Gasteiger partial charge < -0.3 is 0 Å². The summed E-state index contributed by atoms with van der Waals surface area (Å²) < 4.78 is 27.3. The summed E-state index contributed by atoms with van der Waals surface area (Å²) in [6.45, 7) is 1.91. The summed E-state index contributed by atoms with van der Waals surface area (Å²) in [5, 5.41) is 0. The zero-order valence-corrected chi connectivity index (χ0v) is 14.5. The van der Waals surface area contributed by atoms with E-state index in [1.54, 1.807) is 37.1 Å². The SMILES string of the molecule is Cc1ccc(S(=O)(=O)/N=C/[C]2[CH][CH][CH][CH]2)cc1.[CH]1[CH][CH][CH][CH]1.[Fe]. The number of aryl methyl sites for hydroxylation is 1. The number of rotatable bonds is 3. The number of nitrogens with zero attached hydrogens (tertiary/aromatic N) is 1. The van der Waals surface area contributed by atoms with E-state index in [-0.39, 0.29) is 22.0 Å². The van der Waals surface area contributed by atoms with Crippen LogP contribution in [0, 0.1) is 70.6 Å². The van der Waals surface area contributed by atoms with Gasteiger partial charge in [0.1, 0.15) is 0 Å². The summed E-state index contributed by atoms with van der Waals surface area (Å²) in [4.78, 5) is 0.214. The molecule has 0 aromatic heterocycles. The van der Waals surface area contributed by atoms with Gasteiger partial charge >= 0.3 is 0 Å². The van der Waals surface area contributed by atoms with Crippen LogP contribution in [0.2, 0.25) is 0 Å². The van der Waals surface area contributed by atoms with Crippen molar-refractivity contribution in [2.45, 2.75) is 11.8 Å². The largest absolute Gasteiger partial charge is 0.281 e. The molecule has 23 heavy (non-hydrogen) atoms. The second-order valence-corrected chi connectivity index (χ2v) is 6.34. The Kier molecular flexibility index (Phi) is 9.11. The number of hydrogen-bond donors (Lipinski definition) is 0. The Bertz CT molecular complexity index is 564. The molecule has 0 atom stereocenters. The second-order valence-electron chi connectivity index (χ2n) is 4.70. The van der Waals surface area contributed by atoms with Gasteiger partial charge in [-0.05, 0) is 76.8 Å². The zero-order valence-electron chi connectivity index (χ0n) is 12.6.